The van der Waals surface area contributed by atoms with Crippen molar-refractivity contribution in [1.82, 2.24) is 29.2 Å². The number of aliphatic hydroxyl groups is 1. The number of carbonyl (C=O) groups excluding carboxylic acids is 3. The van der Waals surface area contributed by atoms with Gasteiger partial charge in [0.05, 0.1) is 51.3 Å². The third kappa shape index (κ3) is 10.4. The number of aromatic nitrogens is 6. The number of aliphatic hydroxyl groups excluding tert-OH is 1. The molecule has 1 aliphatic heterocycles. The first kappa shape index (κ1) is 44.0. The van der Waals surface area contributed by atoms with E-state index in [-0.39, 0.29) is 36.9 Å². The number of anilines is 2. The SMILES string of the molecule is CCN=C(/C=C(/C)N)C(=O)Nc1[nH]c2cc(C(N)=O)cc(OCCCN3CCOCC3)c2[n+]1C/C=C/Cn1c(NC(=O)c2cc(C)nn2CC)nc2cc(CO)cc(OC)c21. The van der Waals surface area contributed by atoms with Crippen molar-refractivity contribution >= 4 is 57.4 Å². The Balaban J connectivity index is 1.37. The number of nitrogens with one attached hydrogen (secondary N) is 3. The maximum atomic E-state index is 13.7. The van der Waals surface area contributed by atoms with Crippen molar-refractivity contribution in [3.05, 3.63) is 76.8 Å². The van der Waals surface area contributed by atoms with E-state index in [1.807, 2.05) is 42.1 Å². The van der Waals surface area contributed by atoms with E-state index in [2.05, 4.69) is 30.6 Å². The Morgan fingerprint density at radius 2 is 1.87 bits per heavy atom. The lowest BCUT2D eigenvalue weighted by Gasteiger charge is -2.26. The maximum absolute atomic E-state index is 13.7. The number of aromatic amines is 1. The number of primary amides is 1. The fourth-order valence-electron chi connectivity index (χ4n) is 7.16. The fourth-order valence-corrected chi connectivity index (χ4v) is 7.16. The number of fused-ring (bicyclic) bond motifs is 2. The Morgan fingerprint density at radius 3 is 2.56 bits per heavy atom. The molecule has 324 valence electrons. The number of rotatable bonds is 19. The highest BCUT2D eigenvalue weighted by molar-refractivity contribution is 6.47. The standard InChI is InChI=1S/C42H54N12O7/c1-6-45-32(19-26(3)43)39(57)48-41-47-31-23-29(38(44)56)24-35(61-16-10-11-51-14-17-60-18-15-51)37(31)53(41)13-9-8-12-52-36-30(21-28(25-55)22-34(36)59-5)46-42(52)49-40(58)33-20-27(4)50-54(33)7-2/h8-9,19-24,55H,6-7,10-18,25H2,1-5H3,(H6,43,44,45,46,47,48,49,56,57,58)/p+1/b9-8+. The summed E-state index contributed by atoms with van der Waals surface area (Å²) in [5.41, 5.74) is 16.4. The average Bonchev–Trinajstić information content (AvgIpc) is 3.92. The highest BCUT2D eigenvalue weighted by Crippen LogP contribution is 2.31. The van der Waals surface area contributed by atoms with E-state index < -0.39 is 17.7 Å². The van der Waals surface area contributed by atoms with Gasteiger partial charge in [-0.3, -0.25) is 29.5 Å². The van der Waals surface area contributed by atoms with Crippen LogP contribution < -0.4 is 36.1 Å². The molecule has 0 aliphatic carbocycles. The molecular weight excluding hydrogens is 785 g/mol. The highest BCUT2D eigenvalue weighted by atomic mass is 16.5. The summed E-state index contributed by atoms with van der Waals surface area (Å²) in [5.74, 6) is -0.131. The number of imidazole rings is 2. The first-order chi connectivity index (χ1) is 29.4. The van der Waals surface area contributed by atoms with Gasteiger partial charge in [0.25, 0.3) is 5.91 Å². The lowest BCUT2D eigenvalue weighted by molar-refractivity contribution is -0.646. The van der Waals surface area contributed by atoms with Crippen molar-refractivity contribution in [2.75, 3.05) is 63.7 Å². The van der Waals surface area contributed by atoms with E-state index in [1.54, 1.807) is 41.9 Å². The van der Waals surface area contributed by atoms with Crippen molar-refractivity contribution in [2.45, 2.75) is 60.4 Å². The van der Waals surface area contributed by atoms with Crippen LogP contribution in [0.25, 0.3) is 22.1 Å². The second-order valence-corrected chi connectivity index (χ2v) is 14.5. The van der Waals surface area contributed by atoms with Gasteiger partial charge in [-0.1, -0.05) is 12.2 Å². The van der Waals surface area contributed by atoms with Gasteiger partial charge in [-0.25, -0.2) is 24.6 Å². The van der Waals surface area contributed by atoms with Crippen LogP contribution in [0.3, 0.4) is 0 Å². The molecule has 3 aromatic heterocycles. The highest BCUT2D eigenvalue weighted by Gasteiger charge is 2.27. The van der Waals surface area contributed by atoms with E-state index >= 15 is 0 Å². The minimum Gasteiger partial charge on any atom is -0.494 e. The normalized spacial score (nSPS) is 14.0. The molecule has 5 aromatic rings. The van der Waals surface area contributed by atoms with Crippen molar-refractivity contribution in [2.24, 2.45) is 16.5 Å². The number of amides is 3. The van der Waals surface area contributed by atoms with Gasteiger partial charge in [0.1, 0.15) is 28.2 Å². The van der Waals surface area contributed by atoms with Crippen LogP contribution in [0, 0.1) is 6.92 Å². The van der Waals surface area contributed by atoms with Crippen LogP contribution in [0.5, 0.6) is 11.5 Å². The second-order valence-electron chi connectivity index (χ2n) is 14.5. The average molecular weight is 840 g/mol. The largest absolute Gasteiger partial charge is 0.494 e. The number of morpholine rings is 1. The fraction of sp³-hybridized carbons (Fsp3) is 0.405. The van der Waals surface area contributed by atoms with E-state index in [9.17, 15) is 19.5 Å². The zero-order valence-corrected chi connectivity index (χ0v) is 35.3. The molecule has 6 rings (SSSR count). The zero-order valence-electron chi connectivity index (χ0n) is 35.3. The minimum absolute atomic E-state index is 0.137. The number of hydrogen-bond acceptors (Lipinski definition) is 12. The van der Waals surface area contributed by atoms with Gasteiger partial charge in [0, 0.05) is 50.5 Å². The van der Waals surface area contributed by atoms with Crippen LogP contribution in [0.1, 0.15) is 59.3 Å². The van der Waals surface area contributed by atoms with Crippen molar-refractivity contribution in [1.29, 1.82) is 0 Å². The summed E-state index contributed by atoms with van der Waals surface area (Å²) in [7, 11) is 1.53. The Morgan fingerprint density at radius 1 is 1.08 bits per heavy atom. The molecule has 0 saturated carbocycles. The first-order valence-corrected chi connectivity index (χ1v) is 20.2. The summed E-state index contributed by atoms with van der Waals surface area (Å²) in [4.78, 5) is 54.5. The molecule has 1 fully saturated rings. The number of hydrogen-bond donors (Lipinski definition) is 6. The molecule has 0 bridgehead atoms. The molecule has 0 radical (unpaired) electrons. The molecule has 2 aromatic carbocycles. The zero-order chi connectivity index (χ0) is 43.6. The molecule has 0 spiro atoms. The third-order valence-corrected chi connectivity index (χ3v) is 9.96. The third-order valence-electron chi connectivity index (χ3n) is 9.96. The number of H-pyrrole nitrogens is 1. The quantitative estimate of drug-likeness (QED) is 0.0306. The second kappa shape index (κ2) is 20.1. The summed E-state index contributed by atoms with van der Waals surface area (Å²) in [6.45, 7) is 12.5. The molecule has 1 saturated heterocycles. The topological polar surface area (TPSA) is 246 Å². The van der Waals surface area contributed by atoms with E-state index in [1.165, 1.54) is 13.2 Å². The minimum atomic E-state index is -0.640. The molecule has 0 unspecified atom stereocenters. The summed E-state index contributed by atoms with van der Waals surface area (Å²) >= 11 is 0. The first-order valence-electron chi connectivity index (χ1n) is 20.2. The predicted octanol–water partition coefficient (Wildman–Crippen LogP) is 2.80. The monoisotopic (exact) mass is 839 g/mol. The summed E-state index contributed by atoms with van der Waals surface area (Å²) in [6, 6.07) is 8.40. The molecule has 61 heavy (non-hydrogen) atoms. The van der Waals surface area contributed by atoms with Gasteiger partial charge < -0.3 is 35.4 Å². The Bertz CT molecular complexity index is 2490. The van der Waals surface area contributed by atoms with Gasteiger partial charge in [-0.05, 0) is 76.1 Å². The van der Waals surface area contributed by atoms with E-state index in [0.29, 0.717) is 95.1 Å². The van der Waals surface area contributed by atoms with Crippen LogP contribution in [-0.4, -0.2) is 111 Å². The molecule has 3 amide bonds. The predicted molar refractivity (Wildman–Crippen MR) is 231 cm³/mol. The number of ether oxygens (including phenoxy) is 3. The molecule has 0 atom stereocenters. The Labute approximate surface area is 353 Å². The summed E-state index contributed by atoms with van der Waals surface area (Å²) in [5, 5.41) is 20.3. The molecule has 4 heterocycles. The number of nitrogens with two attached hydrogens (primary N) is 2. The van der Waals surface area contributed by atoms with Crippen LogP contribution in [0.15, 0.2) is 59.2 Å². The lowest BCUT2D eigenvalue weighted by atomic mass is 10.1. The maximum Gasteiger partial charge on any atom is 0.363 e. The lowest BCUT2D eigenvalue weighted by Crippen LogP contribution is -2.38. The number of nitrogens with zero attached hydrogens (tertiary/aromatic N) is 7. The van der Waals surface area contributed by atoms with Gasteiger partial charge in [-0.15, -0.1) is 0 Å². The number of allylic oxidation sites excluding steroid dienone is 3. The summed E-state index contributed by atoms with van der Waals surface area (Å²) < 4.78 is 22.9. The Kier molecular flexibility index (Phi) is 14.5. The van der Waals surface area contributed by atoms with Crippen LogP contribution in [-0.2, 0) is 35.8 Å². The van der Waals surface area contributed by atoms with Gasteiger partial charge >= 0.3 is 11.9 Å². The van der Waals surface area contributed by atoms with Gasteiger partial charge in [-0.2, -0.15) is 5.10 Å². The number of benzene rings is 2. The molecule has 19 nitrogen and oxygen atoms in total. The van der Waals surface area contributed by atoms with E-state index in [4.69, 9.17) is 30.7 Å². The van der Waals surface area contributed by atoms with Crippen molar-refractivity contribution < 1.29 is 38.3 Å². The summed E-state index contributed by atoms with van der Waals surface area (Å²) in [6.07, 6.45) is 6.00. The van der Waals surface area contributed by atoms with E-state index in [0.717, 1.165) is 26.1 Å². The van der Waals surface area contributed by atoms with Gasteiger partial charge in [0.2, 0.25) is 11.9 Å². The molecular formula is C42H55N12O7+. The number of carbonyl (C=O) groups is 3. The van der Waals surface area contributed by atoms with Gasteiger partial charge in [0.15, 0.2) is 11.3 Å². The van der Waals surface area contributed by atoms with Crippen LogP contribution in [0.2, 0.25) is 0 Å². The van der Waals surface area contributed by atoms with Crippen molar-refractivity contribution in [3.63, 3.8) is 0 Å². The Hall–Kier alpha value is -6.57. The van der Waals surface area contributed by atoms with Crippen molar-refractivity contribution in [3.8, 4) is 11.5 Å². The molecule has 1 aliphatic rings. The molecule has 19 heteroatoms. The van der Waals surface area contributed by atoms with Crippen LogP contribution >= 0.6 is 0 Å². The number of methoxy groups -OCH3 is 1. The smallest absolute Gasteiger partial charge is 0.363 e. The molecule has 8 N–H and O–H groups in total. The van der Waals surface area contributed by atoms with Crippen LogP contribution in [0.4, 0.5) is 11.9 Å². The number of aryl methyl sites for hydroxylation is 2. The number of aliphatic imine (C=N–C) groups is 1.